The fourth-order valence-corrected chi connectivity index (χ4v) is 5.36. The quantitative estimate of drug-likeness (QED) is 0.597. The van der Waals surface area contributed by atoms with Gasteiger partial charge in [-0.2, -0.15) is 22.7 Å². The van der Waals surface area contributed by atoms with Crippen LogP contribution in [0.25, 0.3) is 10.6 Å². The second-order valence-electron chi connectivity index (χ2n) is 8.15. The molecule has 1 saturated heterocycles. The molecule has 0 saturated carbocycles. The van der Waals surface area contributed by atoms with Gasteiger partial charge in [0, 0.05) is 19.3 Å². The molecule has 0 spiro atoms. The van der Waals surface area contributed by atoms with Crippen molar-refractivity contribution in [2.45, 2.75) is 44.3 Å². The highest BCUT2D eigenvalue weighted by atomic mass is 32.2. The van der Waals surface area contributed by atoms with Gasteiger partial charge in [0.2, 0.25) is 16.0 Å². The molecule has 180 valence electrons. The van der Waals surface area contributed by atoms with E-state index in [1.165, 1.54) is 19.9 Å². The van der Waals surface area contributed by atoms with Gasteiger partial charge in [-0.25, -0.2) is 22.8 Å². The molecule has 2 N–H and O–H groups in total. The van der Waals surface area contributed by atoms with Gasteiger partial charge in [-0.3, -0.25) is 0 Å². The smallest absolute Gasteiger partial charge is 0.385 e. The minimum absolute atomic E-state index is 0.00913. The van der Waals surface area contributed by atoms with E-state index in [0.29, 0.717) is 6.20 Å². The van der Waals surface area contributed by atoms with E-state index in [1.54, 1.807) is 0 Å². The van der Waals surface area contributed by atoms with Crippen molar-refractivity contribution < 1.29 is 31.1 Å². The first-order chi connectivity index (χ1) is 15.1. The number of hydrogen-bond donors (Lipinski definition) is 2. The molecule has 0 aliphatic carbocycles. The number of piperidine rings is 1. The molecule has 3 rings (SSSR count). The summed E-state index contributed by atoms with van der Waals surface area (Å²) in [5.41, 5.74) is -3.11. The Bertz CT molecular complexity index is 1190. The van der Waals surface area contributed by atoms with Crippen molar-refractivity contribution in [1.82, 2.24) is 14.3 Å². The zero-order valence-corrected chi connectivity index (χ0v) is 19.4. The van der Waals surface area contributed by atoms with Crippen molar-refractivity contribution in [2.24, 2.45) is 0 Å². The average molecular weight is 508 g/mol. The Hall–Kier alpha value is -2.34. The first kappa shape index (κ1) is 25.3. The third kappa shape index (κ3) is 5.60. The van der Waals surface area contributed by atoms with Gasteiger partial charge in [-0.15, -0.1) is 11.3 Å². The molecule has 1 aliphatic heterocycles. The van der Waals surface area contributed by atoms with Crippen LogP contribution < -0.4 is 5.32 Å². The molecule has 14 heteroatoms. The maximum atomic E-state index is 14.6. The maximum absolute atomic E-state index is 14.6. The van der Waals surface area contributed by atoms with Crippen molar-refractivity contribution in [1.29, 1.82) is 5.26 Å². The Labute approximate surface area is 191 Å². The summed E-state index contributed by atoms with van der Waals surface area (Å²) >= 11 is 0.795. The highest BCUT2D eigenvalue weighted by Gasteiger charge is 2.38. The molecule has 1 aliphatic rings. The van der Waals surface area contributed by atoms with E-state index in [-0.39, 0.29) is 34.2 Å². The Kier molecular flexibility index (Phi) is 6.73. The predicted octanol–water partition coefficient (Wildman–Crippen LogP) is 3.11. The number of anilines is 1. The number of aromatic nitrogens is 2. The largest absolute Gasteiger partial charge is 0.420 e. The number of nitriles is 1. The summed E-state index contributed by atoms with van der Waals surface area (Å²) in [6, 6.07) is 2.16. The third-order valence-corrected chi connectivity index (χ3v) is 7.75. The first-order valence-electron chi connectivity index (χ1n) is 9.68. The van der Waals surface area contributed by atoms with Crippen LogP contribution in [0, 0.1) is 11.3 Å². The first-order valence-corrected chi connectivity index (χ1v) is 12.3. The molecule has 0 unspecified atom stereocenters. The van der Waals surface area contributed by atoms with Crippen LogP contribution in [0.5, 0.6) is 0 Å². The second kappa shape index (κ2) is 8.79. The van der Waals surface area contributed by atoms with Crippen molar-refractivity contribution >= 4 is 27.3 Å². The molecule has 0 amide bonds. The molecule has 2 aromatic heterocycles. The third-order valence-electron chi connectivity index (χ3n) is 5.02. The van der Waals surface area contributed by atoms with E-state index in [0.717, 1.165) is 21.9 Å². The lowest BCUT2D eigenvalue weighted by Gasteiger charge is -2.33. The van der Waals surface area contributed by atoms with Crippen LogP contribution in [0.1, 0.15) is 36.3 Å². The number of nitrogens with one attached hydrogen (secondary N) is 1. The highest BCUT2D eigenvalue weighted by molar-refractivity contribution is 7.88. The van der Waals surface area contributed by atoms with Crippen molar-refractivity contribution in [2.75, 3.05) is 24.7 Å². The molecule has 0 radical (unpaired) electrons. The van der Waals surface area contributed by atoms with E-state index in [4.69, 9.17) is 0 Å². The Morgan fingerprint density at radius 1 is 1.36 bits per heavy atom. The SMILES string of the molecule is CC(C)(O)c1sc(-c2nc(N[C@@H]3CCN(S(C)(=O)=O)C[C@H]3F)ncc2C(F)(F)F)cc1C#N. The van der Waals surface area contributed by atoms with E-state index < -0.39 is 51.8 Å². The number of nitrogens with zero attached hydrogens (tertiary/aromatic N) is 4. The zero-order valence-electron chi connectivity index (χ0n) is 17.8. The van der Waals surface area contributed by atoms with Gasteiger partial charge in [0.25, 0.3) is 0 Å². The number of sulfonamides is 1. The monoisotopic (exact) mass is 507 g/mol. The van der Waals surface area contributed by atoms with Crippen LogP contribution in [0.2, 0.25) is 0 Å². The summed E-state index contributed by atoms with van der Waals surface area (Å²) < 4.78 is 79.7. The van der Waals surface area contributed by atoms with Crippen LogP contribution in [0.4, 0.5) is 23.5 Å². The lowest BCUT2D eigenvalue weighted by Crippen LogP contribution is -2.49. The molecule has 33 heavy (non-hydrogen) atoms. The van der Waals surface area contributed by atoms with Gasteiger partial charge in [0.05, 0.1) is 38.9 Å². The average Bonchev–Trinajstić information content (AvgIpc) is 3.13. The molecule has 2 atom stereocenters. The van der Waals surface area contributed by atoms with Gasteiger partial charge in [0.1, 0.15) is 17.8 Å². The van der Waals surface area contributed by atoms with Crippen LogP contribution in [0.3, 0.4) is 0 Å². The fraction of sp³-hybridized carbons (Fsp3) is 0.526. The summed E-state index contributed by atoms with van der Waals surface area (Å²) in [5, 5.41) is 22.3. The predicted molar refractivity (Wildman–Crippen MR) is 114 cm³/mol. The molecule has 0 bridgehead atoms. The number of thiophene rings is 1. The van der Waals surface area contributed by atoms with E-state index >= 15 is 0 Å². The highest BCUT2D eigenvalue weighted by Crippen LogP contribution is 2.42. The van der Waals surface area contributed by atoms with Crippen molar-refractivity contribution in [3.8, 4) is 16.6 Å². The van der Waals surface area contributed by atoms with Crippen LogP contribution >= 0.6 is 11.3 Å². The Balaban J connectivity index is 1.98. The molecule has 8 nitrogen and oxygen atoms in total. The van der Waals surface area contributed by atoms with Crippen LogP contribution in [-0.4, -0.2) is 59.4 Å². The second-order valence-corrected chi connectivity index (χ2v) is 11.2. The molecule has 3 heterocycles. The fourth-order valence-electron chi connectivity index (χ4n) is 3.40. The number of alkyl halides is 4. The van der Waals surface area contributed by atoms with Crippen molar-refractivity contribution in [3.05, 3.63) is 28.3 Å². The minimum atomic E-state index is -4.80. The normalized spacial score (nSPS) is 20.5. The number of rotatable bonds is 5. The summed E-state index contributed by atoms with van der Waals surface area (Å²) in [6.45, 7) is 2.46. The van der Waals surface area contributed by atoms with Gasteiger partial charge in [-0.05, 0) is 26.3 Å². The zero-order chi connectivity index (χ0) is 24.8. The Morgan fingerprint density at radius 3 is 2.52 bits per heavy atom. The lowest BCUT2D eigenvalue weighted by atomic mass is 10.0. The number of aliphatic hydroxyl groups is 1. The number of hydrogen-bond acceptors (Lipinski definition) is 8. The van der Waals surface area contributed by atoms with E-state index in [9.17, 15) is 36.3 Å². The minimum Gasteiger partial charge on any atom is -0.385 e. The summed E-state index contributed by atoms with van der Waals surface area (Å²) in [6.07, 6.45) is -4.83. The van der Waals surface area contributed by atoms with Gasteiger partial charge in [0.15, 0.2) is 0 Å². The van der Waals surface area contributed by atoms with E-state index in [2.05, 4.69) is 15.3 Å². The van der Waals surface area contributed by atoms with Crippen LogP contribution in [-0.2, 0) is 21.8 Å². The van der Waals surface area contributed by atoms with Gasteiger partial charge >= 0.3 is 6.18 Å². The molecule has 0 aromatic carbocycles. The summed E-state index contributed by atoms with van der Waals surface area (Å²) in [4.78, 5) is 7.80. The topological polar surface area (TPSA) is 119 Å². The summed E-state index contributed by atoms with van der Waals surface area (Å²) in [7, 11) is -3.57. The van der Waals surface area contributed by atoms with Gasteiger partial charge in [-0.1, -0.05) is 0 Å². The lowest BCUT2D eigenvalue weighted by molar-refractivity contribution is -0.137. The molecular formula is C19H21F4N5O3S2. The van der Waals surface area contributed by atoms with E-state index in [1.807, 2.05) is 6.07 Å². The maximum Gasteiger partial charge on any atom is 0.420 e. The van der Waals surface area contributed by atoms with Crippen molar-refractivity contribution in [3.63, 3.8) is 0 Å². The molecule has 2 aromatic rings. The van der Waals surface area contributed by atoms with Crippen LogP contribution in [0.15, 0.2) is 12.3 Å². The Morgan fingerprint density at radius 2 is 2.03 bits per heavy atom. The van der Waals surface area contributed by atoms with Gasteiger partial charge < -0.3 is 10.4 Å². The number of halogens is 4. The standard InChI is InChI=1S/C19H21F4N5O3S2/c1-18(2,29)16-10(7-24)6-14(32-16)15-11(19(21,22)23)8-25-17(27-15)26-13-4-5-28(9-12(13)20)33(3,30)31/h6,8,12-13,29H,4-5,9H2,1-3H3,(H,25,26,27)/t12-,13-/m1/s1. The molecule has 1 fully saturated rings. The molecular weight excluding hydrogens is 486 g/mol. The summed E-state index contributed by atoms with van der Waals surface area (Å²) in [5.74, 6) is -0.268.